The molecule has 1 amide bonds. The highest BCUT2D eigenvalue weighted by Gasteiger charge is 2.17. The number of carbonyl (C=O) groups is 1. The molecule has 0 saturated carbocycles. The Kier molecular flexibility index (Phi) is 4.14. The normalized spacial score (nSPS) is 19.5. The van der Waals surface area contributed by atoms with Gasteiger partial charge in [0.2, 0.25) is 5.91 Å². The molecule has 1 aliphatic heterocycles. The zero-order valence-electron chi connectivity index (χ0n) is 10.3. The van der Waals surface area contributed by atoms with Gasteiger partial charge in [-0.1, -0.05) is 0 Å². The number of nitrogens with one attached hydrogen (secondary N) is 2. The quantitative estimate of drug-likeness (QED) is 0.773. The van der Waals surface area contributed by atoms with Crippen LogP contribution in [0.3, 0.4) is 0 Å². The molecule has 0 aliphatic carbocycles. The predicted molar refractivity (Wildman–Crippen MR) is 65.6 cm³/mol. The van der Waals surface area contributed by atoms with Crippen molar-refractivity contribution in [1.82, 2.24) is 20.2 Å². The topological polar surface area (TPSA) is 59.0 Å². The average molecular weight is 236 g/mol. The number of carbonyl (C=O) groups excluding carboxylic acids is 1. The van der Waals surface area contributed by atoms with Crippen LogP contribution in [0.25, 0.3) is 0 Å². The summed E-state index contributed by atoms with van der Waals surface area (Å²) in [4.78, 5) is 15.8. The second kappa shape index (κ2) is 5.82. The Morgan fingerprint density at radius 2 is 2.59 bits per heavy atom. The molecule has 1 fully saturated rings. The van der Waals surface area contributed by atoms with Gasteiger partial charge in [0.15, 0.2) is 0 Å². The summed E-state index contributed by atoms with van der Waals surface area (Å²) < 4.78 is 2.04. The Morgan fingerprint density at radius 1 is 1.71 bits per heavy atom. The number of amides is 1. The first-order chi connectivity index (χ1) is 8.25. The monoisotopic (exact) mass is 236 g/mol. The first-order valence-corrected chi connectivity index (χ1v) is 6.21. The molecule has 2 heterocycles. The van der Waals surface area contributed by atoms with Gasteiger partial charge >= 0.3 is 0 Å². The summed E-state index contributed by atoms with van der Waals surface area (Å²) in [5, 5.41) is 6.23. The molecular weight excluding hydrogens is 216 g/mol. The summed E-state index contributed by atoms with van der Waals surface area (Å²) in [6.45, 7) is 5.46. The highest BCUT2D eigenvalue weighted by atomic mass is 16.1. The van der Waals surface area contributed by atoms with Crippen LogP contribution >= 0.6 is 0 Å². The van der Waals surface area contributed by atoms with Gasteiger partial charge in [-0.25, -0.2) is 4.98 Å². The minimum Gasteiger partial charge on any atom is -0.354 e. The summed E-state index contributed by atoms with van der Waals surface area (Å²) >= 11 is 0. The molecule has 0 bridgehead atoms. The molecule has 94 valence electrons. The van der Waals surface area contributed by atoms with Crippen LogP contribution < -0.4 is 10.6 Å². The van der Waals surface area contributed by atoms with Crippen molar-refractivity contribution in [3.8, 4) is 0 Å². The number of aryl methyl sites for hydroxylation is 1. The lowest BCUT2D eigenvalue weighted by Gasteiger charge is -2.10. The maximum Gasteiger partial charge on any atom is 0.220 e. The fraction of sp³-hybridized carbons (Fsp3) is 0.667. The molecule has 1 atom stereocenters. The van der Waals surface area contributed by atoms with Gasteiger partial charge in [-0.15, -0.1) is 0 Å². The Bertz CT molecular complexity index is 368. The number of aromatic nitrogens is 2. The molecule has 1 aromatic rings. The summed E-state index contributed by atoms with van der Waals surface area (Å²) in [7, 11) is 0. The summed E-state index contributed by atoms with van der Waals surface area (Å²) in [6.07, 6.45) is 5.48. The van der Waals surface area contributed by atoms with Crippen LogP contribution in [0.5, 0.6) is 0 Å². The van der Waals surface area contributed by atoms with Gasteiger partial charge in [0.05, 0.1) is 0 Å². The van der Waals surface area contributed by atoms with E-state index >= 15 is 0 Å². The number of imidazole rings is 1. The predicted octanol–water partition coefficient (Wildman–Crippen LogP) is 0.307. The van der Waals surface area contributed by atoms with Crippen LogP contribution in [-0.4, -0.2) is 35.1 Å². The van der Waals surface area contributed by atoms with Crippen molar-refractivity contribution in [2.45, 2.75) is 26.3 Å². The van der Waals surface area contributed by atoms with Crippen LogP contribution in [0.4, 0.5) is 0 Å². The van der Waals surface area contributed by atoms with Gasteiger partial charge in [0, 0.05) is 31.9 Å². The highest BCUT2D eigenvalue weighted by Crippen LogP contribution is 2.11. The second-order valence-electron chi connectivity index (χ2n) is 4.58. The van der Waals surface area contributed by atoms with Gasteiger partial charge in [0.1, 0.15) is 5.82 Å². The largest absolute Gasteiger partial charge is 0.354 e. The lowest BCUT2D eigenvalue weighted by molar-refractivity contribution is -0.121. The third kappa shape index (κ3) is 3.56. The van der Waals surface area contributed by atoms with Gasteiger partial charge in [-0.3, -0.25) is 4.79 Å². The lowest BCUT2D eigenvalue weighted by Crippen LogP contribution is -2.29. The van der Waals surface area contributed by atoms with Crippen LogP contribution in [0, 0.1) is 12.8 Å². The molecule has 1 aromatic heterocycles. The Morgan fingerprint density at radius 3 is 3.24 bits per heavy atom. The number of hydrogen-bond acceptors (Lipinski definition) is 3. The molecule has 0 radical (unpaired) electrons. The number of rotatable bonds is 5. The first kappa shape index (κ1) is 12.1. The van der Waals surface area contributed by atoms with Crippen LogP contribution in [0.2, 0.25) is 0 Å². The fourth-order valence-electron chi connectivity index (χ4n) is 2.18. The minimum atomic E-state index is 0.163. The molecule has 1 unspecified atom stereocenters. The summed E-state index contributed by atoms with van der Waals surface area (Å²) in [6, 6.07) is 0. The first-order valence-electron chi connectivity index (χ1n) is 6.21. The van der Waals surface area contributed by atoms with E-state index in [0.717, 1.165) is 31.9 Å². The van der Waals surface area contributed by atoms with Crippen LogP contribution in [-0.2, 0) is 11.3 Å². The van der Waals surface area contributed by atoms with E-state index in [-0.39, 0.29) is 5.91 Å². The van der Waals surface area contributed by atoms with Crippen molar-refractivity contribution in [3.63, 3.8) is 0 Å². The Labute approximate surface area is 102 Å². The third-order valence-electron chi connectivity index (χ3n) is 3.23. The molecule has 0 aromatic carbocycles. The summed E-state index contributed by atoms with van der Waals surface area (Å²) in [5.74, 6) is 1.67. The molecule has 2 rings (SSSR count). The maximum atomic E-state index is 11.6. The number of nitrogens with zero attached hydrogens (tertiary/aromatic N) is 2. The van der Waals surface area contributed by atoms with E-state index in [2.05, 4.69) is 15.6 Å². The maximum absolute atomic E-state index is 11.6. The zero-order valence-corrected chi connectivity index (χ0v) is 10.3. The van der Waals surface area contributed by atoms with Crippen molar-refractivity contribution in [1.29, 1.82) is 0 Å². The molecule has 0 spiro atoms. The van der Waals surface area contributed by atoms with E-state index in [1.54, 1.807) is 6.20 Å². The zero-order chi connectivity index (χ0) is 12.1. The van der Waals surface area contributed by atoms with E-state index in [0.29, 0.717) is 18.9 Å². The van der Waals surface area contributed by atoms with Crippen molar-refractivity contribution < 1.29 is 4.79 Å². The van der Waals surface area contributed by atoms with Crippen LogP contribution in [0.1, 0.15) is 18.7 Å². The highest BCUT2D eigenvalue weighted by molar-refractivity contribution is 5.76. The summed E-state index contributed by atoms with van der Waals surface area (Å²) in [5.41, 5.74) is 0. The Balaban J connectivity index is 1.64. The van der Waals surface area contributed by atoms with Gasteiger partial charge in [0.25, 0.3) is 0 Å². The second-order valence-corrected chi connectivity index (χ2v) is 4.58. The van der Waals surface area contributed by atoms with Gasteiger partial charge < -0.3 is 15.2 Å². The number of hydrogen-bond donors (Lipinski definition) is 2. The molecule has 2 N–H and O–H groups in total. The van der Waals surface area contributed by atoms with Crippen LogP contribution in [0.15, 0.2) is 12.4 Å². The lowest BCUT2D eigenvalue weighted by atomic mass is 10.0. The molecular formula is C12H20N4O. The van der Waals surface area contributed by atoms with Crippen molar-refractivity contribution in [3.05, 3.63) is 18.2 Å². The Hall–Kier alpha value is -1.36. The molecule has 17 heavy (non-hydrogen) atoms. The van der Waals surface area contributed by atoms with E-state index in [1.165, 1.54) is 0 Å². The molecule has 5 nitrogen and oxygen atoms in total. The van der Waals surface area contributed by atoms with Crippen molar-refractivity contribution in [2.75, 3.05) is 19.6 Å². The van der Waals surface area contributed by atoms with Gasteiger partial charge in [-0.2, -0.15) is 0 Å². The molecule has 5 heteroatoms. The molecule has 1 saturated heterocycles. The molecule has 1 aliphatic rings. The van der Waals surface area contributed by atoms with E-state index in [9.17, 15) is 4.79 Å². The minimum absolute atomic E-state index is 0.163. The van der Waals surface area contributed by atoms with E-state index in [1.807, 2.05) is 17.7 Å². The van der Waals surface area contributed by atoms with Crippen molar-refractivity contribution in [2.24, 2.45) is 5.92 Å². The average Bonchev–Trinajstić information content (AvgIpc) is 2.91. The standard InChI is InChI=1S/C12H20N4O/c1-10-14-4-6-16(10)7-5-15-12(17)8-11-2-3-13-9-11/h4,6,11,13H,2-3,5,7-9H2,1H3,(H,15,17). The smallest absolute Gasteiger partial charge is 0.220 e. The van der Waals surface area contributed by atoms with E-state index in [4.69, 9.17) is 0 Å². The van der Waals surface area contributed by atoms with E-state index < -0.39 is 0 Å². The van der Waals surface area contributed by atoms with Gasteiger partial charge in [-0.05, 0) is 32.4 Å². The fourth-order valence-corrected chi connectivity index (χ4v) is 2.18. The van der Waals surface area contributed by atoms with Crippen molar-refractivity contribution >= 4 is 5.91 Å². The SMILES string of the molecule is Cc1nccn1CCNC(=O)CC1CCNC1. The third-order valence-corrected chi connectivity index (χ3v) is 3.23.